The number of ether oxygens (including phenoxy) is 1. The first-order valence-electron chi connectivity index (χ1n) is 12.1. The van der Waals surface area contributed by atoms with E-state index in [4.69, 9.17) is 9.84 Å². The van der Waals surface area contributed by atoms with Crippen molar-refractivity contribution in [1.82, 2.24) is 0 Å². The van der Waals surface area contributed by atoms with E-state index in [0.717, 1.165) is 18.4 Å². The summed E-state index contributed by atoms with van der Waals surface area (Å²) in [5.41, 5.74) is -1.98. The Morgan fingerprint density at radius 2 is 1.94 bits per heavy atom. The summed E-state index contributed by atoms with van der Waals surface area (Å²) in [6, 6.07) is 0. The van der Waals surface area contributed by atoms with E-state index in [9.17, 15) is 29.4 Å². The van der Waals surface area contributed by atoms with Crippen LogP contribution in [-0.4, -0.2) is 81.8 Å². The second kappa shape index (κ2) is 8.96. The summed E-state index contributed by atoms with van der Waals surface area (Å²) in [6.45, 7) is 3.94. The molecule has 0 aromatic heterocycles. The van der Waals surface area contributed by atoms with Crippen LogP contribution in [0.1, 0.15) is 58.8 Å². The fourth-order valence-electron chi connectivity index (χ4n) is 7.59. The number of carboxylic acids is 1. The van der Waals surface area contributed by atoms with Gasteiger partial charge in [0.05, 0.1) is 0 Å². The molecule has 0 heterocycles. The average Bonchev–Trinajstić information content (AvgIpc) is 3.03. The third kappa shape index (κ3) is 3.95. The van der Waals surface area contributed by atoms with E-state index in [0.29, 0.717) is 6.42 Å². The Hall–Kier alpha value is -1.32. The van der Waals surface area contributed by atoms with Gasteiger partial charge in [-0.05, 0) is 0 Å². The molecule has 4 aliphatic carbocycles. The number of carboxylic acid groups (broad SMARTS) is 1. The van der Waals surface area contributed by atoms with Gasteiger partial charge in [0.2, 0.25) is 0 Å². The number of aliphatic hydroxyl groups is 2. The van der Waals surface area contributed by atoms with Gasteiger partial charge < -0.3 is 0 Å². The van der Waals surface area contributed by atoms with E-state index >= 15 is 0 Å². The zero-order chi connectivity index (χ0) is 25.1. The number of rotatable bonds is 6. The molecule has 0 amide bonds. The molecule has 8 nitrogen and oxygen atoms in total. The maximum atomic E-state index is 13.4. The van der Waals surface area contributed by atoms with Crippen LogP contribution in [0, 0.1) is 28.6 Å². The minimum absolute atomic E-state index is 0.0100. The number of Topliss-reactive ketones (excluding diaryl/α,β-unsaturated/α-hetero) is 1. The van der Waals surface area contributed by atoms with Gasteiger partial charge in [-0.15, -0.1) is 0 Å². The SMILES string of the molecule is C[C@]12C=CC(=O)C=C1CC[C@@H]1[C@@H]2C(O)C[C@@]2(C)[C@H]1CC[C@]2(O)C(=O)[CH]([Na])OC(=O)CCC(=O)O. The molecule has 2 unspecified atom stereocenters. The van der Waals surface area contributed by atoms with Crippen molar-refractivity contribution in [3.63, 3.8) is 0 Å². The van der Waals surface area contributed by atoms with Gasteiger partial charge in [-0.3, -0.25) is 0 Å². The monoisotopic (exact) mass is 482 g/mol. The molecule has 180 valence electrons. The van der Waals surface area contributed by atoms with Crippen molar-refractivity contribution in [1.29, 1.82) is 0 Å². The number of aliphatic hydroxyl groups excluding tert-OH is 1. The summed E-state index contributed by atoms with van der Waals surface area (Å²) in [4.78, 5) is 48.1. The molecule has 0 spiro atoms. The molecule has 8 atom stereocenters. The van der Waals surface area contributed by atoms with Crippen LogP contribution in [-0.2, 0) is 23.9 Å². The van der Waals surface area contributed by atoms with Crippen molar-refractivity contribution in [2.75, 3.05) is 0 Å². The normalized spacial score (nSPS) is 41.6. The second-order valence-electron chi connectivity index (χ2n) is 11.0. The van der Waals surface area contributed by atoms with Gasteiger partial charge >= 0.3 is 217 Å². The fraction of sp³-hybridized carbons (Fsp3) is 0.680. The first-order chi connectivity index (χ1) is 15.8. The van der Waals surface area contributed by atoms with Gasteiger partial charge in [0.1, 0.15) is 0 Å². The van der Waals surface area contributed by atoms with Crippen molar-refractivity contribution in [2.45, 2.75) is 73.9 Å². The number of aliphatic carboxylic acids is 1. The van der Waals surface area contributed by atoms with Crippen LogP contribution < -0.4 is 0 Å². The molecule has 0 aromatic rings. The summed E-state index contributed by atoms with van der Waals surface area (Å²) < 4.78 is 4.15. The molecule has 3 N–H and O–H groups in total. The van der Waals surface area contributed by atoms with Gasteiger partial charge in [-0.1, -0.05) is 0 Å². The zero-order valence-electron chi connectivity index (χ0n) is 20.0. The standard InChI is InChI=1S/C25H31O8.Na/c1-23-9-7-15(26)11-14(23)3-4-16-17-8-10-25(32,24(17,2)12-18(27)22(16)23)19(28)13-33-21(31)6-5-20(29)30;/h7,9,11,13,16-18,22,27,32H,3-6,8,10,12H2,1-2H3,(H,29,30);/t16-,17-,18?,22+,23-,24-,25-;/m0./s1. The van der Waals surface area contributed by atoms with Crippen LogP contribution in [0.2, 0.25) is 0 Å². The molecular weight excluding hydrogens is 451 g/mol. The van der Waals surface area contributed by atoms with Crippen LogP contribution in [0.3, 0.4) is 0 Å². The van der Waals surface area contributed by atoms with Gasteiger partial charge in [0, 0.05) is 0 Å². The Kier molecular flexibility index (Phi) is 6.79. The number of hydrogen-bond donors (Lipinski definition) is 3. The number of esters is 1. The molecule has 3 fully saturated rings. The van der Waals surface area contributed by atoms with Crippen LogP contribution in [0.15, 0.2) is 23.8 Å². The molecule has 3 saturated carbocycles. The van der Waals surface area contributed by atoms with E-state index in [1.54, 1.807) is 12.2 Å². The third-order valence-electron chi connectivity index (χ3n) is 9.28. The Morgan fingerprint density at radius 1 is 1.24 bits per heavy atom. The van der Waals surface area contributed by atoms with Crippen LogP contribution in [0.25, 0.3) is 0 Å². The summed E-state index contributed by atoms with van der Waals surface area (Å²) in [7, 11) is 0. The maximum absolute atomic E-state index is 13.4. The van der Waals surface area contributed by atoms with Gasteiger partial charge in [-0.2, -0.15) is 0 Å². The number of carbonyl (C=O) groups is 4. The predicted octanol–water partition coefficient (Wildman–Crippen LogP) is 1.47. The Bertz CT molecular complexity index is 987. The Labute approximate surface area is 216 Å². The quantitative estimate of drug-likeness (QED) is 0.382. The predicted molar refractivity (Wildman–Crippen MR) is 120 cm³/mol. The van der Waals surface area contributed by atoms with Crippen molar-refractivity contribution < 1.29 is 39.2 Å². The minimum atomic E-state index is -1.72. The molecule has 0 aromatic carbocycles. The van der Waals surface area contributed by atoms with Crippen LogP contribution in [0.4, 0.5) is 0 Å². The van der Waals surface area contributed by atoms with Gasteiger partial charge in [0.25, 0.3) is 0 Å². The van der Waals surface area contributed by atoms with Crippen molar-refractivity contribution in [2.24, 2.45) is 28.6 Å². The average molecular weight is 483 g/mol. The Morgan fingerprint density at radius 3 is 2.62 bits per heavy atom. The Balaban J connectivity index is 1.57. The second-order valence-corrected chi connectivity index (χ2v) is 12.0. The molecule has 4 rings (SSSR count). The van der Waals surface area contributed by atoms with Crippen molar-refractivity contribution >= 4 is 51.4 Å². The van der Waals surface area contributed by atoms with E-state index < -0.39 is 43.6 Å². The zero-order valence-corrected chi connectivity index (χ0v) is 22.0. The molecule has 9 heteroatoms. The third-order valence-corrected chi connectivity index (χ3v) is 10.0. The molecule has 0 radical (unpaired) electrons. The molecule has 0 bridgehead atoms. The van der Waals surface area contributed by atoms with E-state index in [1.165, 1.54) is 0 Å². The summed E-state index contributed by atoms with van der Waals surface area (Å²) in [6.07, 6.45) is 6.35. The van der Waals surface area contributed by atoms with E-state index in [2.05, 4.69) is 6.92 Å². The molecule has 0 saturated heterocycles. The summed E-state index contributed by atoms with van der Waals surface area (Å²) in [5.74, 6) is -2.46. The first-order valence-corrected chi connectivity index (χ1v) is 13.3. The molecular formula is C25H31NaO8. The van der Waals surface area contributed by atoms with Gasteiger partial charge in [-0.25, -0.2) is 0 Å². The number of allylic oxidation sites excluding steroid dienone is 4. The molecule has 4 aliphatic rings. The van der Waals surface area contributed by atoms with Crippen molar-refractivity contribution in [3.05, 3.63) is 23.8 Å². The van der Waals surface area contributed by atoms with E-state index in [1.807, 2.05) is 13.0 Å². The van der Waals surface area contributed by atoms with Crippen molar-refractivity contribution in [3.8, 4) is 0 Å². The number of carbonyl (C=O) groups excluding carboxylic acids is 3. The first kappa shape index (κ1) is 25.8. The van der Waals surface area contributed by atoms with Crippen LogP contribution >= 0.6 is 0 Å². The molecule has 34 heavy (non-hydrogen) atoms. The number of fused-ring (bicyclic) bond motifs is 5. The summed E-state index contributed by atoms with van der Waals surface area (Å²) >= 11 is 0.169. The van der Waals surface area contributed by atoms with E-state index in [-0.39, 0.29) is 77.2 Å². The number of hydrogen-bond acceptors (Lipinski definition) is 7. The topological polar surface area (TPSA) is 138 Å². The summed E-state index contributed by atoms with van der Waals surface area (Å²) in [5, 5.41) is 31.9. The molecule has 0 aliphatic heterocycles. The van der Waals surface area contributed by atoms with Crippen LogP contribution in [0.5, 0.6) is 0 Å². The van der Waals surface area contributed by atoms with Gasteiger partial charge in [0.15, 0.2) is 0 Å². The fourth-order valence-corrected chi connectivity index (χ4v) is 8.33. The number of ketones is 2.